The maximum atomic E-state index is 13.7. The molecule has 7 heteroatoms. The van der Waals surface area contributed by atoms with E-state index in [-0.39, 0.29) is 21.5 Å². The number of nitrogens with one attached hydrogen (secondary N) is 1. The number of nitrogens with zero attached hydrogens (tertiary/aromatic N) is 1. The van der Waals surface area contributed by atoms with E-state index in [2.05, 4.69) is 4.98 Å². The molecule has 3 rings (SSSR count). The maximum absolute atomic E-state index is 13.7. The number of rotatable bonds is 1. The fourth-order valence-corrected chi connectivity index (χ4v) is 2.54. The van der Waals surface area contributed by atoms with Gasteiger partial charge in [0.15, 0.2) is 4.77 Å². The Labute approximate surface area is 121 Å². The second-order valence-corrected chi connectivity index (χ2v) is 4.80. The predicted molar refractivity (Wildman–Crippen MR) is 73.4 cm³/mol. The van der Waals surface area contributed by atoms with Gasteiger partial charge in [-0.05, 0) is 36.5 Å². The van der Waals surface area contributed by atoms with E-state index in [0.29, 0.717) is 0 Å². The number of hydrogen-bond acceptors (Lipinski definition) is 1. The summed E-state index contributed by atoms with van der Waals surface area (Å²) >= 11 is 5.05. The van der Waals surface area contributed by atoms with Crippen LogP contribution in [0, 0.1) is 10.6 Å². The van der Waals surface area contributed by atoms with E-state index in [1.807, 2.05) is 0 Å². The van der Waals surface area contributed by atoms with E-state index < -0.39 is 17.6 Å². The monoisotopic (exact) mass is 312 g/mol. The Bertz CT molecular complexity index is 877. The van der Waals surface area contributed by atoms with Crippen LogP contribution in [0.4, 0.5) is 17.6 Å². The lowest BCUT2D eigenvalue weighted by Crippen LogP contribution is -2.10. The lowest BCUT2D eigenvalue weighted by atomic mass is 10.1. The molecule has 0 fully saturated rings. The van der Waals surface area contributed by atoms with Gasteiger partial charge in [0.1, 0.15) is 11.3 Å². The van der Waals surface area contributed by atoms with Gasteiger partial charge in [-0.1, -0.05) is 18.2 Å². The highest BCUT2D eigenvalue weighted by Gasteiger charge is 2.34. The lowest BCUT2D eigenvalue weighted by Gasteiger charge is -2.13. The number of alkyl halides is 3. The molecule has 2 aromatic carbocycles. The van der Waals surface area contributed by atoms with E-state index in [4.69, 9.17) is 12.2 Å². The van der Waals surface area contributed by atoms with Crippen molar-refractivity contribution < 1.29 is 17.6 Å². The molecule has 0 atom stereocenters. The zero-order valence-electron chi connectivity index (χ0n) is 10.4. The van der Waals surface area contributed by atoms with Crippen molar-refractivity contribution in [2.24, 2.45) is 0 Å². The molecule has 0 aliphatic heterocycles. The minimum atomic E-state index is -4.53. The molecule has 21 heavy (non-hydrogen) atoms. The molecule has 0 aliphatic carbocycles. The Kier molecular flexibility index (Phi) is 3.09. The summed E-state index contributed by atoms with van der Waals surface area (Å²) in [4.78, 5) is 2.61. The number of aromatic amines is 1. The summed E-state index contributed by atoms with van der Waals surface area (Å²) in [6, 6.07) is 9.19. The molecule has 108 valence electrons. The standard InChI is InChI=1S/C14H8F4N2S/c15-9-5-3-7-11-12(9)19-13(21)20(11)10-6-2-1-4-8(10)14(16,17)18/h1-7H,(H,19,21). The van der Waals surface area contributed by atoms with Crippen molar-refractivity contribution >= 4 is 23.3 Å². The predicted octanol–water partition coefficient (Wildman–Crippen LogP) is 4.85. The van der Waals surface area contributed by atoms with Gasteiger partial charge in [0.2, 0.25) is 0 Å². The van der Waals surface area contributed by atoms with Crippen molar-refractivity contribution in [3.8, 4) is 5.69 Å². The Hall–Kier alpha value is -2.15. The second kappa shape index (κ2) is 4.70. The highest BCUT2D eigenvalue weighted by molar-refractivity contribution is 7.71. The minimum Gasteiger partial charge on any atom is -0.328 e. The molecule has 0 radical (unpaired) electrons. The first-order valence-corrected chi connectivity index (χ1v) is 6.36. The van der Waals surface area contributed by atoms with Gasteiger partial charge in [-0.2, -0.15) is 13.2 Å². The number of fused-ring (bicyclic) bond motifs is 1. The van der Waals surface area contributed by atoms with Crippen molar-refractivity contribution in [3.05, 3.63) is 58.6 Å². The third-order valence-corrected chi connectivity index (χ3v) is 3.40. The third-order valence-electron chi connectivity index (χ3n) is 3.12. The van der Waals surface area contributed by atoms with Gasteiger partial charge < -0.3 is 4.98 Å². The zero-order chi connectivity index (χ0) is 15.2. The summed E-state index contributed by atoms with van der Waals surface area (Å²) in [5.74, 6) is -0.568. The summed E-state index contributed by atoms with van der Waals surface area (Å²) in [5.41, 5.74) is -0.616. The fraction of sp³-hybridized carbons (Fsp3) is 0.0714. The van der Waals surface area contributed by atoms with E-state index in [1.54, 1.807) is 0 Å². The van der Waals surface area contributed by atoms with Gasteiger partial charge in [-0.25, -0.2) is 4.39 Å². The number of para-hydroxylation sites is 2. The average molecular weight is 312 g/mol. The molecule has 0 spiro atoms. The van der Waals surface area contributed by atoms with Crippen LogP contribution >= 0.6 is 12.2 Å². The summed E-state index contributed by atoms with van der Waals surface area (Å²) in [5, 5.41) is 0. The molecule has 0 amide bonds. The highest BCUT2D eigenvalue weighted by Crippen LogP contribution is 2.35. The molecule has 0 bridgehead atoms. The first-order chi connectivity index (χ1) is 9.89. The van der Waals surface area contributed by atoms with Crippen LogP contribution in [0.25, 0.3) is 16.7 Å². The minimum absolute atomic E-state index is 0.00630. The highest BCUT2D eigenvalue weighted by atomic mass is 32.1. The van der Waals surface area contributed by atoms with Crippen LogP contribution < -0.4 is 0 Å². The second-order valence-electron chi connectivity index (χ2n) is 4.41. The summed E-state index contributed by atoms with van der Waals surface area (Å²) < 4.78 is 54.3. The van der Waals surface area contributed by atoms with Crippen molar-refractivity contribution in [2.45, 2.75) is 6.18 Å². The molecular weight excluding hydrogens is 304 g/mol. The van der Waals surface area contributed by atoms with Crippen LogP contribution in [0.3, 0.4) is 0 Å². The molecule has 0 aliphatic rings. The molecule has 1 heterocycles. The number of benzene rings is 2. The van der Waals surface area contributed by atoms with Gasteiger partial charge in [0, 0.05) is 0 Å². The van der Waals surface area contributed by atoms with E-state index in [0.717, 1.165) is 6.07 Å². The summed E-state index contributed by atoms with van der Waals surface area (Å²) in [6.45, 7) is 0. The third kappa shape index (κ3) is 2.23. The quantitative estimate of drug-likeness (QED) is 0.503. The Morgan fingerprint density at radius 1 is 1.00 bits per heavy atom. The first-order valence-electron chi connectivity index (χ1n) is 5.95. The smallest absolute Gasteiger partial charge is 0.328 e. The van der Waals surface area contributed by atoms with Gasteiger partial charge in [-0.3, -0.25) is 4.57 Å². The number of imidazole rings is 1. The van der Waals surface area contributed by atoms with Crippen molar-refractivity contribution in [1.82, 2.24) is 9.55 Å². The SMILES string of the molecule is Fc1cccc2c1[nH]c(=S)n2-c1ccccc1C(F)(F)F. The molecule has 0 saturated heterocycles. The van der Waals surface area contributed by atoms with Gasteiger partial charge in [0.25, 0.3) is 0 Å². The summed E-state index contributed by atoms with van der Waals surface area (Å²) in [7, 11) is 0. The molecule has 2 nitrogen and oxygen atoms in total. The van der Waals surface area contributed by atoms with Crippen LogP contribution in [0.1, 0.15) is 5.56 Å². The summed E-state index contributed by atoms with van der Waals surface area (Å²) in [6.07, 6.45) is -4.53. The fourth-order valence-electron chi connectivity index (χ4n) is 2.24. The average Bonchev–Trinajstić information content (AvgIpc) is 2.75. The maximum Gasteiger partial charge on any atom is 0.418 e. The van der Waals surface area contributed by atoms with Gasteiger partial charge in [0.05, 0.1) is 16.8 Å². The molecular formula is C14H8F4N2S. The van der Waals surface area contributed by atoms with Crippen LogP contribution in [0.15, 0.2) is 42.5 Å². The molecule has 1 aromatic heterocycles. The normalized spacial score (nSPS) is 12.0. The van der Waals surface area contributed by atoms with E-state index in [9.17, 15) is 17.6 Å². The van der Waals surface area contributed by atoms with Crippen LogP contribution in [0.2, 0.25) is 0 Å². The van der Waals surface area contributed by atoms with E-state index in [1.165, 1.54) is 41.0 Å². The molecule has 1 N–H and O–H groups in total. The number of aromatic nitrogens is 2. The molecule has 0 unspecified atom stereocenters. The Balaban J connectivity index is 2.40. The first kappa shape index (κ1) is 13.8. The topological polar surface area (TPSA) is 20.7 Å². The number of H-pyrrole nitrogens is 1. The van der Waals surface area contributed by atoms with Crippen molar-refractivity contribution in [2.75, 3.05) is 0 Å². The van der Waals surface area contributed by atoms with Crippen molar-refractivity contribution in [3.63, 3.8) is 0 Å². The molecule has 0 saturated carbocycles. The Morgan fingerprint density at radius 3 is 2.43 bits per heavy atom. The van der Waals surface area contributed by atoms with Gasteiger partial charge in [-0.15, -0.1) is 0 Å². The largest absolute Gasteiger partial charge is 0.418 e. The lowest BCUT2D eigenvalue weighted by molar-refractivity contribution is -0.137. The van der Waals surface area contributed by atoms with Gasteiger partial charge >= 0.3 is 6.18 Å². The van der Waals surface area contributed by atoms with Crippen LogP contribution in [0.5, 0.6) is 0 Å². The Morgan fingerprint density at radius 2 is 1.71 bits per heavy atom. The van der Waals surface area contributed by atoms with Crippen molar-refractivity contribution in [1.29, 1.82) is 0 Å². The zero-order valence-corrected chi connectivity index (χ0v) is 11.2. The van der Waals surface area contributed by atoms with Crippen LogP contribution in [-0.4, -0.2) is 9.55 Å². The number of hydrogen-bond donors (Lipinski definition) is 1. The number of halogens is 4. The van der Waals surface area contributed by atoms with E-state index >= 15 is 0 Å². The van der Waals surface area contributed by atoms with Crippen LogP contribution in [-0.2, 0) is 6.18 Å². The molecule has 3 aromatic rings.